The highest BCUT2D eigenvalue weighted by molar-refractivity contribution is 9.09. The zero-order valence-corrected chi connectivity index (χ0v) is 13.2. The summed E-state index contributed by atoms with van der Waals surface area (Å²) >= 11 is 14.9. The third-order valence-corrected chi connectivity index (χ3v) is 5.74. The number of benzene rings is 1. The molecule has 1 N–H and O–H groups in total. The Balaban J connectivity index is 3.18. The Morgan fingerprint density at radius 3 is 2.47 bits per heavy atom. The first kappa shape index (κ1) is 15.2. The third-order valence-electron chi connectivity index (χ3n) is 1.93. The molecule has 0 saturated heterocycles. The molecule has 0 heterocycles. The van der Waals surface area contributed by atoms with Gasteiger partial charge in [0.05, 0.1) is 5.02 Å². The molecule has 0 aliphatic carbocycles. The highest BCUT2D eigenvalue weighted by atomic mass is 79.9. The van der Waals surface area contributed by atoms with Gasteiger partial charge in [-0.05, 0) is 32.0 Å². The smallest absolute Gasteiger partial charge is 0.207 e. The lowest BCUT2D eigenvalue weighted by Crippen LogP contribution is -2.44. The molecule has 0 bridgehead atoms. The Morgan fingerprint density at radius 2 is 1.94 bits per heavy atom. The second-order valence-electron chi connectivity index (χ2n) is 4.20. The second kappa shape index (κ2) is 5.45. The van der Waals surface area contributed by atoms with E-state index in [0.717, 1.165) is 0 Å². The normalized spacial score (nSPS) is 12.8. The highest BCUT2D eigenvalue weighted by Crippen LogP contribution is 2.26. The highest BCUT2D eigenvalue weighted by Gasteiger charge is 2.26. The van der Waals surface area contributed by atoms with E-state index >= 15 is 0 Å². The van der Waals surface area contributed by atoms with Crippen LogP contribution >= 0.6 is 39.1 Å². The summed E-state index contributed by atoms with van der Waals surface area (Å²) in [7, 11) is -3.68. The number of rotatable bonds is 4. The van der Waals surface area contributed by atoms with Crippen LogP contribution in [0.4, 0.5) is 0 Å². The van der Waals surface area contributed by atoms with Gasteiger partial charge in [0.15, 0.2) is 0 Å². The Labute approximate surface area is 120 Å². The Morgan fingerprint density at radius 1 is 1.35 bits per heavy atom. The maximum absolute atomic E-state index is 12.1. The lowest BCUT2D eigenvalue weighted by atomic mass is 10.1. The molecule has 7 heteroatoms. The second-order valence-corrected chi connectivity index (χ2v) is 7.25. The van der Waals surface area contributed by atoms with Crippen LogP contribution < -0.4 is 4.72 Å². The summed E-state index contributed by atoms with van der Waals surface area (Å²) in [5.41, 5.74) is -0.607. The minimum Gasteiger partial charge on any atom is -0.207 e. The van der Waals surface area contributed by atoms with E-state index in [1.807, 2.05) is 0 Å². The van der Waals surface area contributed by atoms with Crippen molar-refractivity contribution >= 4 is 49.2 Å². The molecule has 96 valence electrons. The zero-order valence-electron chi connectivity index (χ0n) is 9.30. The van der Waals surface area contributed by atoms with E-state index in [2.05, 4.69) is 20.7 Å². The molecule has 1 rings (SSSR count). The molecule has 0 aliphatic rings. The van der Waals surface area contributed by atoms with Gasteiger partial charge in [-0.3, -0.25) is 0 Å². The minimum atomic E-state index is -3.68. The van der Waals surface area contributed by atoms with Gasteiger partial charge in [0.2, 0.25) is 10.0 Å². The molecule has 0 saturated carbocycles. The van der Waals surface area contributed by atoms with Crippen LogP contribution in [0, 0.1) is 0 Å². The molecule has 0 spiro atoms. The van der Waals surface area contributed by atoms with E-state index in [0.29, 0.717) is 10.4 Å². The van der Waals surface area contributed by atoms with Crippen molar-refractivity contribution in [2.45, 2.75) is 24.3 Å². The minimum absolute atomic E-state index is 0.0132. The maximum atomic E-state index is 12.1. The first-order chi connectivity index (χ1) is 7.68. The summed E-state index contributed by atoms with van der Waals surface area (Å²) in [5.74, 6) is 0. The fraction of sp³-hybridized carbons (Fsp3) is 0.400. The van der Waals surface area contributed by atoms with Crippen LogP contribution in [0.2, 0.25) is 10.0 Å². The lowest BCUT2D eigenvalue weighted by Gasteiger charge is -2.23. The van der Waals surface area contributed by atoms with Gasteiger partial charge in [0, 0.05) is 15.9 Å². The average Bonchev–Trinajstić information content (AvgIpc) is 2.20. The Kier molecular flexibility index (Phi) is 4.88. The van der Waals surface area contributed by atoms with Crippen molar-refractivity contribution in [3.05, 3.63) is 28.2 Å². The van der Waals surface area contributed by atoms with Crippen molar-refractivity contribution < 1.29 is 8.42 Å². The number of halogens is 3. The fourth-order valence-corrected chi connectivity index (χ4v) is 3.63. The molecule has 1 aromatic carbocycles. The number of nitrogens with one attached hydrogen (secondary N) is 1. The van der Waals surface area contributed by atoms with Gasteiger partial charge in [0.1, 0.15) is 4.90 Å². The van der Waals surface area contributed by atoms with E-state index in [9.17, 15) is 8.42 Å². The summed E-state index contributed by atoms with van der Waals surface area (Å²) in [6, 6.07) is 4.33. The summed E-state index contributed by atoms with van der Waals surface area (Å²) in [6.45, 7) is 3.52. The van der Waals surface area contributed by atoms with Crippen LogP contribution in [-0.2, 0) is 10.0 Å². The van der Waals surface area contributed by atoms with Gasteiger partial charge >= 0.3 is 0 Å². The quantitative estimate of drug-likeness (QED) is 0.836. The van der Waals surface area contributed by atoms with Crippen molar-refractivity contribution in [2.75, 3.05) is 5.33 Å². The topological polar surface area (TPSA) is 46.2 Å². The number of alkyl halides is 1. The average molecular weight is 361 g/mol. The molecule has 0 fully saturated rings. The third kappa shape index (κ3) is 4.10. The summed E-state index contributed by atoms with van der Waals surface area (Å²) < 4.78 is 26.8. The van der Waals surface area contributed by atoms with E-state index in [1.54, 1.807) is 19.9 Å². The van der Waals surface area contributed by atoms with Gasteiger partial charge in [-0.25, -0.2) is 13.1 Å². The van der Waals surface area contributed by atoms with Crippen LogP contribution in [0.1, 0.15) is 13.8 Å². The molecule has 0 unspecified atom stereocenters. The van der Waals surface area contributed by atoms with E-state index in [-0.39, 0.29) is 9.92 Å². The molecule has 1 aromatic rings. The van der Waals surface area contributed by atoms with Crippen LogP contribution in [0.25, 0.3) is 0 Å². The fourth-order valence-electron chi connectivity index (χ4n) is 1.13. The van der Waals surface area contributed by atoms with Crippen molar-refractivity contribution in [2.24, 2.45) is 0 Å². The monoisotopic (exact) mass is 359 g/mol. The van der Waals surface area contributed by atoms with Crippen LogP contribution in [0.5, 0.6) is 0 Å². The lowest BCUT2D eigenvalue weighted by molar-refractivity contribution is 0.500. The number of sulfonamides is 1. The summed E-state index contributed by atoms with van der Waals surface area (Å²) in [6.07, 6.45) is 0. The predicted molar refractivity (Wildman–Crippen MR) is 74.7 cm³/mol. The van der Waals surface area contributed by atoms with Gasteiger partial charge in [0.25, 0.3) is 0 Å². The zero-order chi connectivity index (χ0) is 13.3. The van der Waals surface area contributed by atoms with Crippen LogP contribution in [-0.4, -0.2) is 19.3 Å². The largest absolute Gasteiger partial charge is 0.242 e. The number of hydrogen-bond donors (Lipinski definition) is 1. The van der Waals surface area contributed by atoms with Crippen molar-refractivity contribution in [1.29, 1.82) is 0 Å². The van der Waals surface area contributed by atoms with E-state index in [1.165, 1.54) is 12.1 Å². The predicted octanol–water partition coefficient (Wildman–Crippen LogP) is 3.45. The molecular weight excluding hydrogens is 349 g/mol. The maximum Gasteiger partial charge on any atom is 0.242 e. The van der Waals surface area contributed by atoms with Gasteiger partial charge in [-0.15, -0.1) is 0 Å². The SMILES string of the molecule is CC(C)(CBr)NS(=O)(=O)c1cc(Cl)ccc1Cl. The van der Waals surface area contributed by atoms with Crippen molar-refractivity contribution in [3.8, 4) is 0 Å². The molecule has 0 amide bonds. The van der Waals surface area contributed by atoms with Gasteiger partial charge in [-0.1, -0.05) is 39.1 Å². The van der Waals surface area contributed by atoms with Crippen LogP contribution in [0.15, 0.2) is 23.1 Å². The first-order valence-electron chi connectivity index (χ1n) is 4.73. The van der Waals surface area contributed by atoms with Crippen molar-refractivity contribution in [1.82, 2.24) is 4.72 Å². The van der Waals surface area contributed by atoms with Gasteiger partial charge in [-0.2, -0.15) is 0 Å². The molecular formula is C10H12BrCl2NO2S. The molecule has 0 atom stereocenters. The molecule has 0 radical (unpaired) electrons. The molecule has 0 aromatic heterocycles. The van der Waals surface area contributed by atoms with Crippen LogP contribution in [0.3, 0.4) is 0 Å². The van der Waals surface area contributed by atoms with Crippen molar-refractivity contribution in [3.63, 3.8) is 0 Å². The molecule has 3 nitrogen and oxygen atoms in total. The Hall–Kier alpha value is 0.190. The van der Waals surface area contributed by atoms with E-state index in [4.69, 9.17) is 23.2 Å². The first-order valence-corrected chi connectivity index (χ1v) is 8.09. The standard InChI is InChI=1S/C10H12BrCl2NO2S/c1-10(2,6-11)14-17(15,16)9-5-7(12)3-4-8(9)13/h3-5,14H,6H2,1-2H3. The Bertz CT molecular complexity index is 517. The molecule has 0 aliphatic heterocycles. The van der Waals surface area contributed by atoms with E-state index < -0.39 is 15.6 Å². The summed E-state index contributed by atoms with van der Waals surface area (Å²) in [5, 5.41) is 0.955. The number of hydrogen-bond acceptors (Lipinski definition) is 2. The summed E-state index contributed by atoms with van der Waals surface area (Å²) in [4.78, 5) is -0.0132. The van der Waals surface area contributed by atoms with Gasteiger partial charge < -0.3 is 0 Å². The molecule has 17 heavy (non-hydrogen) atoms.